The van der Waals surface area contributed by atoms with Gasteiger partial charge < -0.3 is 59.4 Å². The third-order valence-electron chi connectivity index (χ3n) is 8.21. The molecule has 2 saturated heterocycles. The summed E-state index contributed by atoms with van der Waals surface area (Å²) >= 11 is 0. The molecule has 0 spiro atoms. The first kappa shape index (κ1) is 39.0. The Hall–Kier alpha value is -1.23. The van der Waals surface area contributed by atoms with Crippen LogP contribution in [0.25, 0.3) is 0 Å². The van der Waals surface area contributed by atoms with Crippen LogP contribution in [-0.2, 0) is 28.5 Å². The normalized spacial score (nSPS) is 33.5. The Bertz CT molecular complexity index is 797. The van der Waals surface area contributed by atoms with E-state index in [4.69, 9.17) is 18.9 Å². The van der Waals surface area contributed by atoms with Crippen molar-refractivity contribution in [2.75, 3.05) is 20.3 Å². The van der Waals surface area contributed by atoms with Crippen LogP contribution in [0.5, 0.6) is 0 Å². The fraction of sp³-hybridized carbons (Fsp3) is 0.903. The molecule has 0 aromatic carbocycles. The van der Waals surface area contributed by atoms with Gasteiger partial charge in [0.15, 0.2) is 12.6 Å². The Morgan fingerprint density at radius 1 is 0.705 bits per heavy atom. The molecule has 2 rings (SSSR count). The van der Waals surface area contributed by atoms with Gasteiger partial charge in [-0.25, -0.2) is 0 Å². The molecule has 13 nitrogen and oxygen atoms in total. The Morgan fingerprint density at radius 2 is 1.23 bits per heavy atom. The molecule has 2 aliphatic heterocycles. The second-order valence-electron chi connectivity index (χ2n) is 11.8. The molecule has 1 unspecified atom stereocenters. The smallest absolute Gasteiger partial charge is 0.305 e. The van der Waals surface area contributed by atoms with Crippen molar-refractivity contribution < 1.29 is 64.2 Å². The van der Waals surface area contributed by atoms with Crippen molar-refractivity contribution in [3.63, 3.8) is 0 Å². The predicted octanol–water partition coefficient (Wildman–Crippen LogP) is 0.816. The van der Waals surface area contributed by atoms with Crippen LogP contribution in [0.3, 0.4) is 0 Å². The molecule has 7 N–H and O–H groups in total. The van der Waals surface area contributed by atoms with Crippen molar-refractivity contribution in [2.45, 2.75) is 158 Å². The zero-order valence-corrected chi connectivity index (χ0v) is 26.2. The maximum atomic E-state index is 11.1. The zero-order valence-electron chi connectivity index (χ0n) is 26.2. The summed E-state index contributed by atoms with van der Waals surface area (Å²) in [5.41, 5.74) is 0. The van der Waals surface area contributed by atoms with Gasteiger partial charge in [-0.15, -0.1) is 0 Å². The topological polar surface area (TPSA) is 205 Å². The number of aliphatic hydroxyl groups excluding tert-OH is 7. The Balaban J connectivity index is 1.68. The molecule has 0 saturated carbocycles. The summed E-state index contributed by atoms with van der Waals surface area (Å²) in [6.45, 7) is 0.604. The number of methoxy groups -OCH3 is 1. The minimum atomic E-state index is -1.71. The zero-order chi connectivity index (χ0) is 32.5. The number of ether oxygens (including phenoxy) is 5. The number of rotatable bonds is 21. The van der Waals surface area contributed by atoms with E-state index in [9.17, 15) is 40.5 Å². The third kappa shape index (κ3) is 12.9. The Kier molecular flexibility index (Phi) is 19.1. The second-order valence-corrected chi connectivity index (χ2v) is 11.8. The van der Waals surface area contributed by atoms with Crippen molar-refractivity contribution in [1.82, 2.24) is 0 Å². The molecule has 0 radical (unpaired) electrons. The lowest BCUT2D eigenvalue weighted by Gasteiger charge is -2.46. The van der Waals surface area contributed by atoms with E-state index in [0.717, 1.165) is 64.2 Å². The molecular weight excluding hydrogens is 580 g/mol. The summed E-state index contributed by atoms with van der Waals surface area (Å²) in [5.74, 6) is -0.139. The molecule has 13 heteroatoms. The average Bonchev–Trinajstić information content (AvgIpc) is 3.02. The molecule has 0 aromatic heterocycles. The SMILES string of the molecule is COC(=O)CCCCCCC/C=C\CCCCCCC(C)O[C@@H]1O[C@H](CO)[C@@H](O)[C@H](O)[C@H]1O[C@@H]1O[C@H](CO)[C@@H](O)[C@H](O)[C@H]1O. The van der Waals surface area contributed by atoms with Crippen LogP contribution < -0.4 is 0 Å². The quantitative estimate of drug-likeness (QED) is 0.0530. The minimum Gasteiger partial charge on any atom is -0.469 e. The summed E-state index contributed by atoms with van der Waals surface area (Å²) in [5, 5.41) is 70.7. The second kappa shape index (κ2) is 21.5. The summed E-state index contributed by atoms with van der Waals surface area (Å²) in [6.07, 6.45) is 2.26. The van der Waals surface area contributed by atoms with Crippen molar-refractivity contribution in [2.24, 2.45) is 0 Å². The van der Waals surface area contributed by atoms with Crippen molar-refractivity contribution in [1.29, 1.82) is 0 Å². The Morgan fingerprint density at radius 3 is 1.82 bits per heavy atom. The average molecular weight is 637 g/mol. The van der Waals surface area contributed by atoms with Gasteiger partial charge in [-0.1, -0.05) is 50.7 Å². The van der Waals surface area contributed by atoms with Gasteiger partial charge in [-0.3, -0.25) is 4.79 Å². The Labute approximate surface area is 260 Å². The number of hydrogen-bond donors (Lipinski definition) is 7. The van der Waals surface area contributed by atoms with Gasteiger partial charge in [-0.05, 0) is 45.4 Å². The summed E-state index contributed by atoms with van der Waals surface area (Å²) in [4.78, 5) is 11.1. The van der Waals surface area contributed by atoms with Crippen LogP contribution in [-0.4, -0.2) is 130 Å². The van der Waals surface area contributed by atoms with Crippen LogP contribution in [0.1, 0.15) is 90.4 Å². The summed E-state index contributed by atoms with van der Waals surface area (Å²) in [7, 11) is 1.42. The highest BCUT2D eigenvalue weighted by Gasteiger charge is 2.51. The molecule has 2 aliphatic rings. The maximum absolute atomic E-state index is 11.1. The first-order valence-electron chi connectivity index (χ1n) is 16.1. The highest BCUT2D eigenvalue weighted by molar-refractivity contribution is 5.68. The van der Waals surface area contributed by atoms with Gasteiger partial charge >= 0.3 is 5.97 Å². The van der Waals surface area contributed by atoms with E-state index in [2.05, 4.69) is 16.9 Å². The summed E-state index contributed by atoms with van der Waals surface area (Å²) < 4.78 is 27.4. The minimum absolute atomic E-state index is 0.139. The number of hydrogen-bond acceptors (Lipinski definition) is 13. The van der Waals surface area contributed by atoms with E-state index in [-0.39, 0.29) is 12.1 Å². The molecule has 11 atom stereocenters. The third-order valence-corrected chi connectivity index (χ3v) is 8.21. The van der Waals surface area contributed by atoms with E-state index in [0.29, 0.717) is 12.8 Å². The standard InChI is InChI=1S/C31H56O13/c1-20(16-14-12-10-8-6-4-3-5-7-9-11-13-15-17-23(34)40-2)41-31-29(27(38)25(36)22(19-33)43-31)44-30-28(39)26(37)24(35)21(18-32)42-30/h3-4,20-22,24-33,35-39H,5-19H2,1-2H3/b4-3-/t20?,21-,22-,24-,25-,26+,27+,28-,29-,30+,31-/m1/s1. The van der Waals surface area contributed by atoms with Gasteiger partial charge in [0.25, 0.3) is 0 Å². The highest BCUT2D eigenvalue weighted by atomic mass is 16.8. The molecular formula is C31H56O13. The van der Waals surface area contributed by atoms with Gasteiger partial charge in [0.2, 0.25) is 0 Å². The van der Waals surface area contributed by atoms with E-state index >= 15 is 0 Å². The number of allylic oxidation sites excluding steroid dienone is 2. The van der Waals surface area contributed by atoms with Crippen molar-refractivity contribution in [3.05, 3.63) is 12.2 Å². The van der Waals surface area contributed by atoms with Crippen LogP contribution >= 0.6 is 0 Å². The number of esters is 1. The lowest BCUT2D eigenvalue weighted by molar-refractivity contribution is -0.371. The molecule has 0 amide bonds. The van der Waals surface area contributed by atoms with Crippen LogP contribution in [0.4, 0.5) is 0 Å². The first-order chi connectivity index (χ1) is 21.1. The molecule has 0 bridgehead atoms. The maximum Gasteiger partial charge on any atom is 0.305 e. The van der Waals surface area contributed by atoms with Gasteiger partial charge in [0.1, 0.15) is 48.8 Å². The van der Waals surface area contributed by atoms with E-state index in [1.54, 1.807) is 0 Å². The molecule has 2 heterocycles. The van der Waals surface area contributed by atoms with Gasteiger partial charge in [0.05, 0.1) is 26.4 Å². The monoisotopic (exact) mass is 636 g/mol. The molecule has 258 valence electrons. The van der Waals surface area contributed by atoms with Crippen molar-refractivity contribution >= 4 is 5.97 Å². The molecule has 0 aliphatic carbocycles. The van der Waals surface area contributed by atoms with Crippen LogP contribution in [0.2, 0.25) is 0 Å². The number of carbonyl (C=O) groups excluding carboxylic acids is 1. The fourth-order valence-electron chi connectivity index (χ4n) is 5.39. The number of carbonyl (C=O) groups is 1. The van der Waals surface area contributed by atoms with E-state index in [1.807, 2.05) is 6.92 Å². The van der Waals surface area contributed by atoms with Crippen LogP contribution in [0, 0.1) is 0 Å². The first-order valence-corrected chi connectivity index (χ1v) is 16.1. The number of unbranched alkanes of at least 4 members (excludes halogenated alkanes) is 9. The largest absolute Gasteiger partial charge is 0.469 e. The van der Waals surface area contributed by atoms with Gasteiger partial charge in [-0.2, -0.15) is 0 Å². The number of aliphatic hydroxyl groups is 7. The highest BCUT2D eigenvalue weighted by Crippen LogP contribution is 2.30. The lowest BCUT2D eigenvalue weighted by Crippen LogP contribution is -2.64. The van der Waals surface area contributed by atoms with E-state index < -0.39 is 74.6 Å². The van der Waals surface area contributed by atoms with Crippen LogP contribution in [0.15, 0.2) is 12.2 Å². The fourth-order valence-corrected chi connectivity index (χ4v) is 5.39. The lowest BCUT2D eigenvalue weighted by atomic mass is 9.97. The predicted molar refractivity (Wildman–Crippen MR) is 158 cm³/mol. The van der Waals surface area contributed by atoms with Gasteiger partial charge in [0, 0.05) is 6.42 Å². The van der Waals surface area contributed by atoms with Crippen molar-refractivity contribution in [3.8, 4) is 0 Å². The summed E-state index contributed by atoms with van der Waals surface area (Å²) in [6, 6.07) is 0. The van der Waals surface area contributed by atoms with E-state index in [1.165, 1.54) is 13.5 Å². The molecule has 0 aromatic rings. The molecule has 2 fully saturated rings. The molecule has 44 heavy (non-hydrogen) atoms.